The number of anilines is 1. The lowest BCUT2D eigenvalue weighted by Crippen LogP contribution is -2.13. The fraction of sp³-hybridized carbons (Fsp3) is 0.0588. The molecule has 22 heavy (non-hydrogen) atoms. The van der Waals surface area contributed by atoms with Crippen molar-refractivity contribution in [1.82, 2.24) is 4.98 Å². The van der Waals surface area contributed by atoms with Crippen molar-refractivity contribution in [2.45, 2.75) is 6.92 Å². The van der Waals surface area contributed by atoms with Gasteiger partial charge in [-0.3, -0.25) is 10.1 Å². The largest absolute Gasteiger partial charge is 0.431 e. The molecule has 5 heteroatoms. The van der Waals surface area contributed by atoms with Crippen LogP contribution in [0.2, 0.25) is 5.02 Å². The summed E-state index contributed by atoms with van der Waals surface area (Å²) < 4.78 is 5.31. The van der Waals surface area contributed by atoms with E-state index in [0.29, 0.717) is 16.3 Å². The molecule has 0 bridgehead atoms. The van der Waals surface area contributed by atoms with Gasteiger partial charge in [0, 0.05) is 16.1 Å². The van der Waals surface area contributed by atoms with Crippen LogP contribution in [-0.2, 0) is 0 Å². The molecular weight excluding hydrogens is 300 g/mol. The first kappa shape index (κ1) is 14.4. The zero-order valence-corrected chi connectivity index (χ0v) is 12.6. The van der Waals surface area contributed by atoms with Crippen LogP contribution in [0.5, 0.6) is 0 Å². The summed E-state index contributed by atoms with van der Waals surface area (Å²) in [5, 5.41) is 3.24. The van der Waals surface area contributed by atoms with Gasteiger partial charge in [-0.1, -0.05) is 41.9 Å². The summed E-state index contributed by atoms with van der Waals surface area (Å²) >= 11 is 5.89. The lowest BCUT2D eigenvalue weighted by atomic mass is 10.1. The van der Waals surface area contributed by atoms with Gasteiger partial charge in [0.1, 0.15) is 12.0 Å². The molecule has 0 fully saturated rings. The molecule has 0 spiro atoms. The molecule has 2 aromatic carbocycles. The van der Waals surface area contributed by atoms with E-state index in [2.05, 4.69) is 10.3 Å². The second-order valence-corrected chi connectivity index (χ2v) is 5.25. The van der Waals surface area contributed by atoms with Crippen LogP contribution in [0.3, 0.4) is 0 Å². The molecule has 3 aromatic rings. The number of nitrogens with zero attached hydrogens (tertiary/aromatic N) is 1. The number of nitrogens with one attached hydrogen (secondary N) is 1. The number of halogens is 1. The summed E-state index contributed by atoms with van der Waals surface area (Å²) in [5.74, 6) is -0.282. The molecule has 0 radical (unpaired) electrons. The van der Waals surface area contributed by atoms with E-state index < -0.39 is 0 Å². The van der Waals surface area contributed by atoms with Crippen molar-refractivity contribution in [3.63, 3.8) is 0 Å². The number of carbonyl (C=O) groups excluding carboxylic acids is 1. The minimum atomic E-state index is -0.282. The first-order valence-electron chi connectivity index (χ1n) is 6.72. The van der Waals surface area contributed by atoms with E-state index in [9.17, 15) is 4.79 Å². The van der Waals surface area contributed by atoms with Gasteiger partial charge in [-0.05, 0) is 30.7 Å². The van der Waals surface area contributed by atoms with Crippen molar-refractivity contribution in [2.24, 2.45) is 0 Å². The smallest absolute Gasteiger partial charge is 0.302 e. The Bertz CT molecular complexity index is 813. The second kappa shape index (κ2) is 6.03. The lowest BCUT2D eigenvalue weighted by Gasteiger charge is -2.04. The molecule has 0 aliphatic rings. The molecule has 3 rings (SSSR count). The van der Waals surface area contributed by atoms with E-state index in [1.807, 2.05) is 37.3 Å². The Labute approximate surface area is 132 Å². The van der Waals surface area contributed by atoms with Crippen molar-refractivity contribution < 1.29 is 9.21 Å². The third-order valence-corrected chi connectivity index (χ3v) is 3.46. The SMILES string of the molecule is Cc1cc(Cl)ccc1C(=O)Nc1nc(-c2ccccc2)co1. The zero-order chi connectivity index (χ0) is 15.5. The minimum absolute atomic E-state index is 0.165. The quantitative estimate of drug-likeness (QED) is 0.771. The Morgan fingerprint density at radius 1 is 1.18 bits per heavy atom. The van der Waals surface area contributed by atoms with Crippen LogP contribution in [0.15, 0.2) is 59.2 Å². The standard InChI is InChI=1S/C17H13ClN2O2/c1-11-9-13(18)7-8-14(11)16(21)20-17-19-15(10-22-17)12-5-3-2-4-6-12/h2-10H,1H3,(H,19,20,21). The molecule has 1 N–H and O–H groups in total. The molecule has 1 amide bonds. The monoisotopic (exact) mass is 312 g/mol. The molecule has 0 atom stereocenters. The molecule has 1 aromatic heterocycles. The van der Waals surface area contributed by atoms with Gasteiger partial charge < -0.3 is 4.42 Å². The van der Waals surface area contributed by atoms with Gasteiger partial charge in [0.15, 0.2) is 0 Å². The summed E-state index contributed by atoms with van der Waals surface area (Å²) in [4.78, 5) is 16.5. The predicted octanol–water partition coefficient (Wildman–Crippen LogP) is 4.56. The lowest BCUT2D eigenvalue weighted by molar-refractivity contribution is 0.102. The van der Waals surface area contributed by atoms with Crippen LogP contribution in [-0.4, -0.2) is 10.9 Å². The summed E-state index contributed by atoms with van der Waals surface area (Å²) in [6.07, 6.45) is 1.51. The van der Waals surface area contributed by atoms with Crippen LogP contribution in [0.1, 0.15) is 15.9 Å². The number of aromatic nitrogens is 1. The Morgan fingerprint density at radius 2 is 1.95 bits per heavy atom. The average molecular weight is 313 g/mol. The highest BCUT2D eigenvalue weighted by molar-refractivity contribution is 6.30. The van der Waals surface area contributed by atoms with E-state index in [-0.39, 0.29) is 11.9 Å². The number of oxazole rings is 1. The number of amides is 1. The maximum absolute atomic E-state index is 12.2. The van der Waals surface area contributed by atoms with Gasteiger partial charge in [-0.15, -0.1) is 0 Å². The van der Waals surface area contributed by atoms with Crippen molar-refractivity contribution in [3.05, 3.63) is 70.9 Å². The van der Waals surface area contributed by atoms with Crippen molar-refractivity contribution in [2.75, 3.05) is 5.32 Å². The van der Waals surface area contributed by atoms with E-state index >= 15 is 0 Å². The Hall–Kier alpha value is -2.59. The molecule has 110 valence electrons. The highest BCUT2D eigenvalue weighted by atomic mass is 35.5. The van der Waals surface area contributed by atoms with Gasteiger partial charge in [0.05, 0.1) is 0 Å². The highest BCUT2D eigenvalue weighted by Gasteiger charge is 2.13. The summed E-state index contributed by atoms with van der Waals surface area (Å²) in [6, 6.07) is 14.9. The number of benzene rings is 2. The number of rotatable bonds is 3. The molecule has 0 saturated carbocycles. The Balaban J connectivity index is 1.79. The Kier molecular flexibility index (Phi) is 3.94. The van der Waals surface area contributed by atoms with Crippen molar-refractivity contribution in [3.8, 4) is 11.3 Å². The first-order valence-corrected chi connectivity index (χ1v) is 7.10. The maximum atomic E-state index is 12.2. The molecule has 0 aliphatic carbocycles. The molecule has 0 aliphatic heterocycles. The number of aryl methyl sites for hydroxylation is 1. The van der Waals surface area contributed by atoms with Crippen LogP contribution in [0.25, 0.3) is 11.3 Å². The molecule has 0 unspecified atom stereocenters. The van der Waals surface area contributed by atoms with Crippen LogP contribution in [0.4, 0.5) is 6.01 Å². The predicted molar refractivity (Wildman–Crippen MR) is 86.1 cm³/mol. The molecule has 1 heterocycles. The average Bonchev–Trinajstić information content (AvgIpc) is 2.96. The topological polar surface area (TPSA) is 55.1 Å². The third kappa shape index (κ3) is 3.02. The fourth-order valence-corrected chi connectivity index (χ4v) is 2.35. The minimum Gasteiger partial charge on any atom is -0.431 e. The summed E-state index contributed by atoms with van der Waals surface area (Å²) in [5.41, 5.74) is 2.92. The van der Waals surface area contributed by atoms with Gasteiger partial charge in [0.2, 0.25) is 0 Å². The second-order valence-electron chi connectivity index (χ2n) is 4.82. The molecule has 0 saturated heterocycles. The number of hydrogen-bond acceptors (Lipinski definition) is 3. The highest BCUT2D eigenvalue weighted by Crippen LogP contribution is 2.21. The Morgan fingerprint density at radius 3 is 2.68 bits per heavy atom. The fourth-order valence-electron chi connectivity index (χ4n) is 2.12. The van der Waals surface area contributed by atoms with Crippen LogP contribution < -0.4 is 5.32 Å². The van der Waals surface area contributed by atoms with E-state index in [4.69, 9.17) is 16.0 Å². The van der Waals surface area contributed by atoms with Crippen molar-refractivity contribution in [1.29, 1.82) is 0 Å². The summed E-state index contributed by atoms with van der Waals surface area (Å²) in [7, 11) is 0. The summed E-state index contributed by atoms with van der Waals surface area (Å²) in [6.45, 7) is 1.83. The van der Waals surface area contributed by atoms with Gasteiger partial charge >= 0.3 is 6.01 Å². The zero-order valence-electron chi connectivity index (χ0n) is 11.8. The van der Waals surface area contributed by atoms with Crippen molar-refractivity contribution >= 4 is 23.5 Å². The molecule has 4 nitrogen and oxygen atoms in total. The van der Waals surface area contributed by atoms with E-state index in [0.717, 1.165) is 11.1 Å². The third-order valence-electron chi connectivity index (χ3n) is 3.23. The van der Waals surface area contributed by atoms with Gasteiger partial charge in [-0.2, -0.15) is 4.98 Å². The molecular formula is C17H13ClN2O2. The van der Waals surface area contributed by atoms with Gasteiger partial charge in [-0.25, -0.2) is 0 Å². The number of carbonyl (C=O) groups is 1. The normalized spacial score (nSPS) is 10.5. The van der Waals surface area contributed by atoms with E-state index in [1.54, 1.807) is 18.2 Å². The number of hydrogen-bond donors (Lipinski definition) is 1. The van der Waals surface area contributed by atoms with Crippen LogP contribution >= 0.6 is 11.6 Å². The van der Waals surface area contributed by atoms with Gasteiger partial charge in [0.25, 0.3) is 5.91 Å². The van der Waals surface area contributed by atoms with E-state index in [1.165, 1.54) is 6.26 Å². The first-order chi connectivity index (χ1) is 10.6. The van der Waals surface area contributed by atoms with Crippen LogP contribution in [0, 0.1) is 6.92 Å². The maximum Gasteiger partial charge on any atom is 0.302 e.